The number of nitrogens with zero attached hydrogens (tertiary/aromatic N) is 1. The lowest BCUT2D eigenvalue weighted by Crippen LogP contribution is -2.23. The molecule has 0 aliphatic carbocycles. The third-order valence-corrected chi connectivity index (χ3v) is 6.17. The van der Waals surface area contributed by atoms with Crippen molar-refractivity contribution in [3.63, 3.8) is 0 Å². The quantitative estimate of drug-likeness (QED) is 0.562. The summed E-state index contributed by atoms with van der Waals surface area (Å²) in [5.41, 5.74) is 0.711. The molecule has 0 aromatic heterocycles. The Kier molecular flexibility index (Phi) is 6.94. The molecule has 0 unspecified atom stereocenters. The number of rotatable bonds is 8. The van der Waals surface area contributed by atoms with Gasteiger partial charge in [-0.25, -0.2) is 12.7 Å². The Bertz CT molecular complexity index is 1160. The summed E-state index contributed by atoms with van der Waals surface area (Å²) in [6, 6.07) is 20.5. The van der Waals surface area contributed by atoms with Gasteiger partial charge in [-0.2, -0.15) is 0 Å². The minimum absolute atomic E-state index is 0.0155. The van der Waals surface area contributed by atoms with Crippen molar-refractivity contribution in [2.75, 3.05) is 26.0 Å². The second kappa shape index (κ2) is 9.63. The van der Waals surface area contributed by atoms with Gasteiger partial charge in [0.1, 0.15) is 22.1 Å². The van der Waals surface area contributed by atoms with Crippen molar-refractivity contribution in [2.24, 2.45) is 0 Å². The van der Waals surface area contributed by atoms with E-state index in [1.807, 2.05) is 30.3 Å². The molecule has 3 rings (SSSR count). The number of hydrogen-bond donors (Lipinski definition) is 1. The van der Waals surface area contributed by atoms with Crippen molar-refractivity contribution in [1.82, 2.24) is 4.31 Å². The number of ether oxygens (including phenoxy) is 2. The number of para-hydroxylation sites is 1. The molecule has 162 valence electrons. The van der Waals surface area contributed by atoms with Gasteiger partial charge in [0.15, 0.2) is 0 Å². The summed E-state index contributed by atoms with van der Waals surface area (Å²) in [6.07, 6.45) is 0. The van der Waals surface area contributed by atoms with Crippen LogP contribution in [-0.4, -0.2) is 39.3 Å². The summed E-state index contributed by atoms with van der Waals surface area (Å²) in [6.45, 7) is 2.09. The van der Waals surface area contributed by atoms with Crippen molar-refractivity contribution >= 4 is 21.6 Å². The Balaban J connectivity index is 1.84. The Morgan fingerprint density at radius 3 is 2.32 bits per heavy atom. The maximum Gasteiger partial charge on any atom is 0.255 e. The van der Waals surface area contributed by atoms with Gasteiger partial charge in [-0.05, 0) is 55.5 Å². The lowest BCUT2D eigenvalue weighted by atomic mass is 10.2. The van der Waals surface area contributed by atoms with Gasteiger partial charge >= 0.3 is 0 Å². The molecule has 0 saturated heterocycles. The average Bonchev–Trinajstić information content (AvgIpc) is 2.75. The first-order valence-electron chi connectivity index (χ1n) is 9.65. The zero-order chi connectivity index (χ0) is 22.4. The third kappa shape index (κ3) is 5.42. The molecule has 0 heterocycles. The first kappa shape index (κ1) is 22.3. The fraction of sp³-hybridized carbons (Fsp3) is 0.174. The Labute approximate surface area is 182 Å². The van der Waals surface area contributed by atoms with Crippen molar-refractivity contribution < 1.29 is 22.7 Å². The van der Waals surface area contributed by atoms with E-state index in [2.05, 4.69) is 5.32 Å². The van der Waals surface area contributed by atoms with Gasteiger partial charge in [-0.15, -0.1) is 0 Å². The van der Waals surface area contributed by atoms with Crippen molar-refractivity contribution in [2.45, 2.75) is 11.8 Å². The molecule has 3 aromatic carbocycles. The minimum Gasteiger partial charge on any atom is -0.492 e. The molecular weight excluding hydrogens is 416 g/mol. The van der Waals surface area contributed by atoms with E-state index in [1.54, 1.807) is 37.3 Å². The smallest absolute Gasteiger partial charge is 0.255 e. The number of sulfonamides is 1. The van der Waals surface area contributed by atoms with E-state index in [0.29, 0.717) is 29.4 Å². The van der Waals surface area contributed by atoms with Crippen molar-refractivity contribution in [1.29, 1.82) is 0 Å². The van der Waals surface area contributed by atoms with E-state index in [9.17, 15) is 13.2 Å². The normalized spacial score (nSPS) is 11.2. The lowest BCUT2D eigenvalue weighted by Gasteiger charge is -2.16. The van der Waals surface area contributed by atoms with E-state index in [4.69, 9.17) is 9.47 Å². The predicted octanol–water partition coefficient (Wildman–Crippen LogP) is 4.38. The molecule has 3 aromatic rings. The number of nitrogens with one attached hydrogen (secondary N) is 1. The summed E-state index contributed by atoms with van der Waals surface area (Å²) in [5.74, 6) is 1.01. The summed E-state index contributed by atoms with van der Waals surface area (Å²) in [5, 5.41) is 2.74. The molecule has 0 atom stereocenters. The van der Waals surface area contributed by atoms with Gasteiger partial charge in [-0.1, -0.05) is 24.3 Å². The van der Waals surface area contributed by atoms with Crippen LogP contribution in [0, 0.1) is 0 Å². The molecule has 8 heteroatoms. The molecule has 31 heavy (non-hydrogen) atoms. The van der Waals surface area contributed by atoms with E-state index in [0.717, 1.165) is 4.31 Å². The Hall–Kier alpha value is -3.36. The standard InChI is InChI=1S/C23H24N2O5S/c1-4-29-21-14-13-18(16-22(21)31(27,28)25(2)3)24-23(26)17-9-8-12-20(15-17)30-19-10-6-5-7-11-19/h5-16H,4H2,1-3H3,(H,24,26). The highest BCUT2D eigenvalue weighted by Gasteiger charge is 2.23. The predicted molar refractivity (Wildman–Crippen MR) is 119 cm³/mol. The fourth-order valence-corrected chi connectivity index (χ4v) is 3.84. The first-order valence-corrected chi connectivity index (χ1v) is 11.1. The van der Waals surface area contributed by atoms with E-state index in [-0.39, 0.29) is 10.6 Å². The van der Waals surface area contributed by atoms with Gasteiger partial charge in [0, 0.05) is 25.3 Å². The zero-order valence-electron chi connectivity index (χ0n) is 17.5. The molecule has 0 aliphatic rings. The van der Waals surface area contributed by atoms with Crippen molar-refractivity contribution in [3.8, 4) is 17.2 Å². The van der Waals surface area contributed by atoms with Gasteiger partial charge < -0.3 is 14.8 Å². The molecule has 1 N–H and O–H groups in total. The molecular formula is C23H24N2O5S. The van der Waals surface area contributed by atoms with E-state index in [1.165, 1.54) is 26.2 Å². The molecule has 0 radical (unpaired) electrons. The van der Waals surface area contributed by atoms with Crippen LogP contribution in [0.2, 0.25) is 0 Å². The summed E-state index contributed by atoms with van der Waals surface area (Å²) in [7, 11) is -0.879. The molecule has 0 spiro atoms. The van der Waals surface area contributed by atoms with Crippen LogP contribution in [0.15, 0.2) is 77.7 Å². The minimum atomic E-state index is -3.76. The first-order chi connectivity index (χ1) is 14.8. The number of amides is 1. The fourth-order valence-electron chi connectivity index (χ4n) is 2.79. The van der Waals surface area contributed by atoms with Gasteiger partial charge in [0.25, 0.3) is 5.91 Å². The van der Waals surface area contributed by atoms with Gasteiger partial charge in [0.2, 0.25) is 10.0 Å². The third-order valence-electron chi connectivity index (χ3n) is 4.34. The molecule has 7 nitrogen and oxygen atoms in total. The maximum absolute atomic E-state index is 12.8. The molecule has 0 bridgehead atoms. The lowest BCUT2D eigenvalue weighted by molar-refractivity contribution is 0.102. The van der Waals surface area contributed by atoms with E-state index >= 15 is 0 Å². The zero-order valence-corrected chi connectivity index (χ0v) is 18.3. The van der Waals surface area contributed by atoms with Crippen LogP contribution in [0.25, 0.3) is 0 Å². The van der Waals surface area contributed by atoms with Crippen LogP contribution in [0.1, 0.15) is 17.3 Å². The molecule has 0 fully saturated rings. The van der Waals surface area contributed by atoms with Crippen LogP contribution >= 0.6 is 0 Å². The monoisotopic (exact) mass is 440 g/mol. The topological polar surface area (TPSA) is 84.9 Å². The average molecular weight is 441 g/mol. The highest BCUT2D eigenvalue weighted by Crippen LogP contribution is 2.30. The molecule has 0 aliphatic heterocycles. The SMILES string of the molecule is CCOc1ccc(NC(=O)c2cccc(Oc3ccccc3)c2)cc1S(=O)(=O)N(C)C. The number of hydrogen-bond acceptors (Lipinski definition) is 5. The molecule has 1 amide bonds. The van der Waals surface area contributed by atoms with E-state index < -0.39 is 15.9 Å². The van der Waals surface area contributed by atoms with Crippen LogP contribution in [0.3, 0.4) is 0 Å². The maximum atomic E-state index is 12.8. The van der Waals surface area contributed by atoms with Gasteiger partial charge in [0.05, 0.1) is 6.61 Å². The number of benzene rings is 3. The number of carbonyl (C=O) groups excluding carboxylic acids is 1. The second-order valence-corrected chi connectivity index (χ2v) is 8.90. The largest absolute Gasteiger partial charge is 0.492 e. The summed E-state index contributed by atoms with van der Waals surface area (Å²) in [4.78, 5) is 12.8. The van der Waals surface area contributed by atoms with Crippen LogP contribution in [0.5, 0.6) is 17.2 Å². The Morgan fingerprint density at radius 1 is 0.935 bits per heavy atom. The summed E-state index contributed by atoms with van der Waals surface area (Å²) >= 11 is 0. The number of carbonyl (C=O) groups is 1. The summed E-state index contributed by atoms with van der Waals surface area (Å²) < 4.78 is 37.7. The number of anilines is 1. The van der Waals surface area contributed by atoms with Crippen LogP contribution in [-0.2, 0) is 10.0 Å². The van der Waals surface area contributed by atoms with Crippen LogP contribution in [0.4, 0.5) is 5.69 Å². The Morgan fingerprint density at radius 2 is 1.65 bits per heavy atom. The van der Waals surface area contributed by atoms with Gasteiger partial charge in [-0.3, -0.25) is 4.79 Å². The highest BCUT2D eigenvalue weighted by molar-refractivity contribution is 7.89. The highest BCUT2D eigenvalue weighted by atomic mass is 32.2. The molecule has 0 saturated carbocycles. The van der Waals surface area contributed by atoms with Crippen LogP contribution < -0.4 is 14.8 Å². The van der Waals surface area contributed by atoms with Crippen molar-refractivity contribution in [3.05, 3.63) is 78.4 Å². The second-order valence-electron chi connectivity index (χ2n) is 6.78.